The number of hydrogen-bond donors (Lipinski definition) is 1. The largest absolute Gasteiger partial charge is 0.366 e. The van der Waals surface area contributed by atoms with Crippen LogP contribution in [-0.4, -0.2) is 41.3 Å². The molecule has 1 fully saturated rings. The summed E-state index contributed by atoms with van der Waals surface area (Å²) in [5, 5.41) is 20.7. The predicted octanol–water partition coefficient (Wildman–Crippen LogP) is 2.25. The van der Waals surface area contributed by atoms with Gasteiger partial charge in [0.25, 0.3) is 0 Å². The number of nitrogens with one attached hydrogen (secondary N) is 1. The quantitative estimate of drug-likeness (QED) is 0.911. The first-order chi connectivity index (χ1) is 9.72. The number of aromatic nitrogens is 2. The third kappa shape index (κ3) is 3.67. The van der Waals surface area contributed by atoms with Crippen LogP contribution < -0.4 is 5.32 Å². The third-order valence-electron chi connectivity index (χ3n) is 3.99. The first kappa shape index (κ1) is 14.7. The first-order valence-electron chi connectivity index (χ1n) is 7.42. The monoisotopic (exact) mass is 273 g/mol. The normalized spacial score (nSPS) is 16.4. The van der Waals surface area contributed by atoms with E-state index in [1.807, 2.05) is 13.8 Å². The summed E-state index contributed by atoms with van der Waals surface area (Å²) in [5.74, 6) is 0.616. The molecule has 0 atom stereocenters. The van der Waals surface area contributed by atoms with Gasteiger partial charge < -0.3 is 10.2 Å². The standard InChI is InChI=1S/C15H23N5/c1-12-13(2)18-19-15(14(12)11-16)17-7-10-20-8-5-3-4-6-9-20/h3-10H2,1-2H3,(H,17,19). The minimum absolute atomic E-state index is 0.616. The Labute approximate surface area is 121 Å². The zero-order valence-corrected chi connectivity index (χ0v) is 12.4. The fourth-order valence-corrected chi connectivity index (χ4v) is 2.56. The minimum Gasteiger partial charge on any atom is -0.366 e. The Bertz CT molecular complexity index is 484. The molecule has 0 aliphatic carbocycles. The van der Waals surface area contributed by atoms with Gasteiger partial charge in [0, 0.05) is 13.1 Å². The molecule has 1 aromatic heterocycles. The average molecular weight is 273 g/mol. The van der Waals surface area contributed by atoms with Crippen molar-refractivity contribution in [2.24, 2.45) is 0 Å². The van der Waals surface area contributed by atoms with E-state index in [1.54, 1.807) is 0 Å². The molecular formula is C15H23N5. The maximum atomic E-state index is 9.24. The molecule has 1 aromatic rings. The molecule has 5 heteroatoms. The summed E-state index contributed by atoms with van der Waals surface area (Å²) in [6.07, 6.45) is 5.30. The second-order valence-corrected chi connectivity index (χ2v) is 5.43. The van der Waals surface area contributed by atoms with E-state index in [9.17, 15) is 5.26 Å². The van der Waals surface area contributed by atoms with E-state index < -0.39 is 0 Å². The molecule has 0 saturated carbocycles. The van der Waals surface area contributed by atoms with Gasteiger partial charge in [0.1, 0.15) is 11.6 Å². The van der Waals surface area contributed by atoms with Gasteiger partial charge in [-0.15, -0.1) is 5.10 Å². The molecule has 108 valence electrons. The van der Waals surface area contributed by atoms with E-state index in [2.05, 4.69) is 26.5 Å². The van der Waals surface area contributed by atoms with E-state index in [-0.39, 0.29) is 0 Å². The Balaban J connectivity index is 1.91. The third-order valence-corrected chi connectivity index (χ3v) is 3.99. The van der Waals surface area contributed by atoms with Crippen LogP contribution in [0.3, 0.4) is 0 Å². The molecule has 0 aromatic carbocycles. The molecule has 0 amide bonds. The van der Waals surface area contributed by atoms with Crippen molar-refractivity contribution in [3.63, 3.8) is 0 Å². The lowest BCUT2D eigenvalue weighted by molar-refractivity contribution is 0.296. The molecule has 5 nitrogen and oxygen atoms in total. The van der Waals surface area contributed by atoms with Crippen LogP contribution >= 0.6 is 0 Å². The van der Waals surface area contributed by atoms with Crippen LogP contribution in [0.25, 0.3) is 0 Å². The summed E-state index contributed by atoms with van der Waals surface area (Å²) in [6, 6.07) is 2.22. The number of hydrogen-bond acceptors (Lipinski definition) is 5. The molecule has 0 unspecified atom stereocenters. The first-order valence-corrected chi connectivity index (χ1v) is 7.42. The number of nitrogens with zero attached hydrogens (tertiary/aromatic N) is 4. The summed E-state index contributed by atoms with van der Waals surface area (Å²) < 4.78 is 0. The Morgan fingerprint density at radius 2 is 1.85 bits per heavy atom. The van der Waals surface area contributed by atoms with Gasteiger partial charge in [-0.2, -0.15) is 10.4 Å². The Kier molecular flexibility index (Phi) is 5.31. The summed E-state index contributed by atoms with van der Waals surface area (Å²) in [4.78, 5) is 2.49. The van der Waals surface area contributed by atoms with Crippen molar-refractivity contribution >= 4 is 5.82 Å². The van der Waals surface area contributed by atoms with Crippen molar-refractivity contribution < 1.29 is 0 Å². The van der Waals surface area contributed by atoms with Gasteiger partial charge in [0.05, 0.1) is 5.69 Å². The van der Waals surface area contributed by atoms with Crippen LogP contribution in [0.5, 0.6) is 0 Å². The van der Waals surface area contributed by atoms with Crippen molar-refractivity contribution in [1.82, 2.24) is 15.1 Å². The van der Waals surface area contributed by atoms with Crippen molar-refractivity contribution in [2.75, 3.05) is 31.5 Å². The zero-order chi connectivity index (χ0) is 14.4. The fraction of sp³-hybridized carbons (Fsp3) is 0.667. The zero-order valence-electron chi connectivity index (χ0n) is 12.4. The molecule has 0 spiro atoms. The lowest BCUT2D eigenvalue weighted by Crippen LogP contribution is -2.30. The second-order valence-electron chi connectivity index (χ2n) is 5.43. The molecule has 1 aliphatic rings. The second kappa shape index (κ2) is 7.20. The van der Waals surface area contributed by atoms with Gasteiger partial charge in [-0.1, -0.05) is 12.8 Å². The Hall–Kier alpha value is -1.67. The number of nitriles is 1. The van der Waals surface area contributed by atoms with Gasteiger partial charge in [0.15, 0.2) is 5.82 Å². The predicted molar refractivity (Wildman–Crippen MR) is 79.6 cm³/mol. The molecule has 0 bridgehead atoms. The number of aryl methyl sites for hydroxylation is 1. The van der Waals surface area contributed by atoms with E-state index in [1.165, 1.54) is 38.8 Å². The topological polar surface area (TPSA) is 64.8 Å². The summed E-state index contributed by atoms with van der Waals surface area (Å²) >= 11 is 0. The van der Waals surface area contributed by atoms with E-state index in [0.29, 0.717) is 11.4 Å². The SMILES string of the molecule is Cc1nnc(NCCN2CCCCCC2)c(C#N)c1C. The summed E-state index contributed by atoms with van der Waals surface area (Å²) in [7, 11) is 0. The van der Waals surface area contributed by atoms with Gasteiger partial charge in [-0.25, -0.2) is 0 Å². The fourth-order valence-electron chi connectivity index (χ4n) is 2.56. The molecule has 2 heterocycles. The summed E-state index contributed by atoms with van der Waals surface area (Å²) in [5.41, 5.74) is 2.35. The van der Waals surface area contributed by atoms with Crippen molar-refractivity contribution in [3.8, 4) is 6.07 Å². The minimum atomic E-state index is 0.616. The number of anilines is 1. The molecule has 1 saturated heterocycles. The van der Waals surface area contributed by atoms with Crippen LogP contribution in [-0.2, 0) is 0 Å². The maximum absolute atomic E-state index is 9.24. The van der Waals surface area contributed by atoms with E-state index in [4.69, 9.17) is 0 Å². The van der Waals surface area contributed by atoms with E-state index in [0.717, 1.165) is 24.3 Å². The lowest BCUT2D eigenvalue weighted by atomic mass is 10.1. The van der Waals surface area contributed by atoms with Crippen LogP contribution in [0.15, 0.2) is 0 Å². The number of rotatable bonds is 4. The molecule has 1 aliphatic heterocycles. The highest BCUT2D eigenvalue weighted by atomic mass is 15.2. The highest BCUT2D eigenvalue weighted by Crippen LogP contribution is 2.17. The smallest absolute Gasteiger partial charge is 0.166 e. The maximum Gasteiger partial charge on any atom is 0.166 e. The van der Waals surface area contributed by atoms with Crippen molar-refractivity contribution in [2.45, 2.75) is 39.5 Å². The molecule has 0 radical (unpaired) electrons. The van der Waals surface area contributed by atoms with E-state index >= 15 is 0 Å². The van der Waals surface area contributed by atoms with Crippen LogP contribution in [0.4, 0.5) is 5.82 Å². The van der Waals surface area contributed by atoms with Crippen LogP contribution in [0, 0.1) is 25.2 Å². The molecular weight excluding hydrogens is 250 g/mol. The molecule has 20 heavy (non-hydrogen) atoms. The van der Waals surface area contributed by atoms with Gasteiger partial charge in [0.2, 0.25) is 0 Å². The van der Waals surface area contributed by atoms with Crippen LogP contribution in [0.1, 0.15) is 42.5 Å². The van der Waals surface area contributed by atoms with Gasteiger partial charge in [-0.3, -0.25) is 0 Å². The average Bonchev–Trinajstić information content (AvgIpc) is 2.72. The lowest BCUT2D eigenvalue weighted by Gasteiger charge is -2.20. The van der Waals surface area contributed by atoms with Crippen molar-refractivity contribution in [1.29, 1.82) is 5.26 Å². The highest BCUT2D eigenvalue weighted by Gasteiger charge is 2.12. The summed E-state index contributed by atoms with van der Waals surface area (Å²) in [6.45, 7) is 7.98. The molecule has 1 N–H and O–H groups in total. The van der Waals surface area contributed by atoms with Crippen molar-refractivity contribution in [3.05, 3.63) is 16.8 Å². The molecule has 2 rings (SSSR count). The Morgan fingerprint density at radius 3 is 2.50 bits per heavy atom. The number of likely N-dealkylation sites (tertiary alicyclic amines) is 1. The highest BCUT2D eigenvalue weighted by molar-refractivity contribution is 5.55. The van der Waals surface area contributed by atoms with Gasteiger partial charge >= 0.3 is 0 Å². The Morgan fingerprint density at radius 1 is 1.15 bits per heavy atom. The van der Waals surface area contributed by atoms with Gasteiger partial charge in [-0.05, 0) is 45.3 Å². The van der Waals surface area contributed by atoms with Crippen LogP contribution in [0.2, 0.25) is 0 Å².